The minimum atomic E-state index is 0.571. The molecule has 0 unspecified atom stereocenters. The highest BCUT2D eigenvalue weighted by atomic mass is 15.0. The van der Waals surface area contributed by atoms with Crippen LogP contribution in [0.25, 0.3) is 11.3 Å². The van der Waals surface area contributed by atoms with E-state index in [0.29, 0.717) is 13.1 Å². The minimum Gasteiger partial charge on any atom is -0.336 e. The van der Waals surface area contributed by atoms with Gasteiger partial charge in [0.1, 0.15) is 0 Å². The second-order valence-electron chi connectivity index (χ2n) is 3.69. The third-order valence-corrected chi connectivity index (χ3v) is 2.51. The Kier molecular flexibility index (Phi) is 3.34. The van der Waals surface area contributed by atoms with Crippen LogP contribution in [0.1, 0.15) is 5.56 Å². The Morgan fingerprint density at radius 3 is 2.50 bits per heavy atom. The van der Waals surface area contributed by atoms with Crippen molar-refractivity contribution >= 4 is 0 Å². The summed E-state index contributed by atoms with van der Waals surface area (Å²) in [6.45, 7) is 2.00. The minimum absolute atomic E-state index is 0.571. The molecule has 0 spiro atoms. The molecule has 0 saturated heterocycles. The molecule has 0 aliphatic heterocycles. The standard InChI is InChI=1S/C12H16N4/c13-5-6-16-8-12(15-9-16)11-3-1-10(7-14)2-4-11/h1-4,8-9H,5-7,13-14H2. The molecular weight excluding hydrogens is 200 g/mol. The average molecular weight is 216 g/mol. The smallest absolute Gasteiger partial charge is 0.0954 e. The van der Waals surface area contributed by atoms with Gasteiger partial charge < -0.3 is 16.0 Å². The van der Waals surface area contributed by atoms with Crippen molar-refractivity contribution in [1.29, 1.82) is 0 Å². The van der Waals surface area contributed by atoms with Gasteiger partial charge in [-0.05, 0) is 5.56 Å². The molecule has 2 rings (SSSR count). The molecule has 0 radical (unpaired) electrons. The summed E-state index contributed by atoms with van der Waals surface area (Å²) in [7, 11) is 0. The Balaban J connectivity index is 2.21. The molecule has 0 saturated carbocycles. The molecule has 84 valence electrons. The van der Waals surface area contributed by atoms with E-state index in [4.69, 9.17) is 11.5 Å². The van der Waals surface area contributed by atoms with Gasteiger partial charge in [-0.3, -0.25) is 0 Å². The van der Waals surface area contributed by atoms with E-state index in [1.54, 1.807) is 6.33 Å². The first-order chi connectivity index (χ1) is 7.83. The summed E-state index contributed by atoms with van der Waals surface area (Å²) in [5.41, 5.74) is 14.2. The summed E-state index contributed by atoms with van der Waals surface area (Å²) in [5.74, 6) is 0. The lowest BCUT2D eigenvalue weighted by Gasteiger charge is -1.99. The van der Waals surface area contributed by atoms with E-state index in [0.717, 1.165) is 23.4 Å². The predicted octanol–water partition coefficient (Wildman–Crippen LogP) is 0.967. The first-order valence-corrected chi connectivity index (χ1v) is 5.34. The van der Waals surface area contributed by atoms with Crippen LogP contribution in [-0.2, 0) is 13.1 Å². The lowest BCUT2D eigenvalue weighted by molar-refractivity contribution is 0.708. The van der Waals surface area contributed by atoms with Gasteiger partial charge in [-0.25, -0.2) is 4.98 Å². The van der Waals surface area contributed by atoms with Gasteiger partial charge in [-0.2, -0.15) is 0 Å². The largest absolute Gasteiger partial charge is 0.336 e. The highest BCUT2D eigenvalue weighted by Gasteiger charge is 2.01. The van der Waals surface area contributed by atoms with Crippen LogP contribution in [0.3, 0.4) is 0 Å². The number of aromatic nitrogens is 2. The topological polar surface area (TPSA) is 69.9 Å². The van der Waals surface area contributed by atoms with E-state index in [2.05, 4.69) is 4.98 Å². The van der Waals surface area contributed by atoms with Crippen LogP contribution in [-0.4, -0.2) is 16.1 Å². The third kappa shape index (κ3) is 2.29. The Labute approximate surface area is 94.9 Å². The number of hydrogen-bond donors (Lipinski definition) is 2. The molecule has 0 bridgehead atoms. The summed E-state index contributed by atoms with van der Waals surface area (Å²) in [6.07, 6.45) is 3.81. The normalized spacial score (nSPS) is 10.6. The van der Waals surface area contributed by atoms with Crippen LogP contribution in [0.5, 0.6) is 0 Å². The van der Waals surface area contributed by atoms with Crippen LogP contribution in [0.4, 0.5) is 0 Å². The molecule has 1 aromatic carbocycles. The fourth-order valence-electron chi connectivity index (χ4n) is 1.59. The number of nitrogens with two attached hydrogens (primary N) is 2. The first-order valence-electron chi connectivity index (χ1n) is 5.34. The summed E-state index contributed by atoms with van der Waals surface area (Å²) < 4.78 is 1.99. The number of imidazole rings is 1. The van der Waals surface area contributed by atoms with E-state index in [9.17, 15) is 0 Å². The second kappa shape index (κ2) is 4.92. The molecule has 16 heavy (non-hydrogen) atoms. The monoisotopic (exact) mass is 216 g/mol. The highest BCUT2D eigenvalue weighted by Crippen LogP contribution is 2.17. The summed E-state index contributed by atoms with van der Waals surface area (Å²) >= 11 is 0. The van der Waals surface area contributed by atoms with Gasteiger partial charge in [0.25, 0.3) is 0 Å². The molecule has 4 N–H and O–H groups in total. The molecular formula is C12H16N4. The van der Waals surface area contributed by atoms with Crippen LogP contribution in [0.15, 0.2) is 36.8 Å². The molecule has 0 amide bonds. The second-order valence-corrected chi connectivity index (χ2v) is 3.69. The molecule has 4 nitrogen and oxygen atoms in total. The number of hydrogen-bond acceptors (Lipinski definition) is 3. The lowest BCUT2D eigenvalue weighted by Crippen LogP contribution is -2.07. The molecule has 0 aliphatic rings. The molecule has 0 aliphatic carbocycles. The molecule has 0 fully saturated rings. The van der Waals surface area contributed by atoms with Gasteiger partial charge >= 0.3 is 0 Å². The van der Waals surface area contributed by atoms with Crippen molar-refractivity contribution < 1.29 is 0 Å². The van der Waals surface area contributed by atoms with Gasteiger partial charge in [-0.1, -0.05) is 24.3 Å². The number of benzene rings is 1. The van der Waals surface area contributed by atoms with Gasteiger partial charge in [0.2, 0.25) is 0 Å². The highest BCUT2D eigenvalue weighted by molar-refractivity contribution is 5.58. The van der Waals surface area contributed by atoms with E-state index in [1.807, 2.05) is 35.0 Å². The Hall–Kier alpha value is -1.65. The zero-order valence-electron chi connectivity index (χ0n) is 9.13. The number of nitrogens with zero attached hydrogens (tertiary/aromatic N) is 2. The third-order valence-electron chi connectivity index (χ3n) is 2.51. The van der Waals surface area contributed by atoms with Gasteiger partial charge in [-0.15, -0.1) is 0 Å². The molecule has 4 heteroatoms. The van der Waals surface area contributed by atoms with Gasteiger partial charge in [0.05, 0.1) is 12.0 Å². The number of rotatable bonds is 4. The predicted molar refractivity (Wildman–Crippen MR) is 64.6 cm³/mol. The van der Waals surface area contributed by atoms with Crippen LogP contribution < -0.4 is 11.5 Å². The van der Waals surface area contributed by atoms with Crippen molar-refractivity contribution in [2.45, 2.75) is 13.1 Å². The first kappa shape index (κ1) is 10.9. The van der Waals surface area contributed by atoms with Crippen molar-refractivity contribution in [3.63, 3.8) is 0 Å². The van der Waals surface area contributed by atoms with E-state index in [-0.39, 0.29) is 0 Å². The quantitative estimate of drug-likeness (QED) is 0.800. The summed E-state index contributed by atoms with van der Waals surface area (Å²) in [4.78, 5) is 4.34. The van der Waals surface area contributed by atoms with E-state index >= 15 is 0 Å². The van der Waals surface area contributed by atoms with Crippen LogP contribution in [0.2, 0.25) is 0 Å². The fourth-order valence-corrected chi connectivity index (χ4v) is 1.59. The van der Waals surface area contributed by atoms with E-state index in [1.165, 1.54) is 0 Å². The average Bonchev–Trinajstić information content (AvgIpc) is 2.78. The molecule has 2 aromatic rings. The van der Waals surface area contributed by atoms with Crippen LogP contribution in [0, 0.1) is 0 Å². The molecule has 1 aromatic heterocycles. The van der Waals surface area contributed by atoms with Crippen molar-refractivity contribution in [3.05, 3.63) is 42.4 Å². The molecule has 1 heterocycles. The lowest BCUT2D eigenvalue weighted by atomic mass is 10.1. The van der Waals surface area contributed by atoms with Crippen LogP contribution >= 0.6 is 0 Å². The maximum absolute atomic E-state index is 5.55. The van der Waals surface area contributed by atoms with Crippen molar-refractivity contribution in [3.8, 4) is 11.3 Å². The Morgan fingerprint density at radius 2 is 1.88 bits per heavy atom. The Morgan fingerprint density at radius 1 is 1.12 bits per heavy atom. The summed E-state index contributed by atoms with van der Waals surface area (Å²) in [5, 5.41) is 0. The van der Waals surface area contributed by atoms with E-state index < -0.39 is 0 Å². The van der Waals surface area contributed by atoms with Crippen molar-refractivity contribution in [1.82, 2.24) is 9.55 Å². The molecule has 0 atom stereocenters. The maximum Gasteiger partial charge on any atom is 0.0954 e. The Bertz CT molecular complexity index is 444. The maximum atomic E-state index is 5.55. The fraction of sp³-hybridized carbons (Fsp3) is 0.250. The van der Waals surface area contributed by atoms with Gasteiger partial charge in [0.15, 0.2) is 0 Å². The summed E-state index contributed by atoms with van der Waals surface area (Å²) in [6, 6.07) is 8.13. The van der Waals surface area contributed by atoms with Crippen molar-refractivity contribution in [2.24, 2.45) is 11.5 Å². The van der Waals surface area contributed by atoms with Crippen molar-refractivity contribution in [2.75, 3.05) is 6.54 Å². The zero-order chi connectivity index (χ0) is 11.4. The zero-order valence-corrected chi connectivity index (χ0v) is 9.13. The SMILES string of the molecule is NCCn1cnc(-c2ccc(CN)cc2)c1. The van der Waals surface area contributed by atoms with Gasteiger partial charge in [0, 0.05) is 31.4 Å².